The lowest BCUT2D eigenvalue weighted by Crippen LogP contribution is -2.15. The lowest BCUT2D eigenvalue weighted by Gasteiger charge is -2.10. The van der Waals surface area contributed by atoms with Crippen molar-refractivity contribution in [2.75, 3.05) is 5.32 Å². The van der Waals surface area contributed by atoms with Crippen molar-refractivity contribution in [3.63, 3.8) is 0 Å². The van der Waals surface area contributed by atoms with Gasteiger partial charge in [0.15, 0.2) is 5.82 Å². The van der Waals surface area contributed by atoms with E-state index < -0.39 is 17.5 Å². The van der Waals surface area contributed by atoms with Gasteiger partial charge in [-0.1, -0.05) is 33.6 Å². The monoisotopic (exact) mass is 359 g/mol. The summed E-state index contributed by atoms with van der Waals surface area (Å²) in [5, 5.41) is 2.17. The minimum atomic E-state index is -0.920. The number of aryl methyl sites for hydroxylation is 1. The number of nitrogens with one attached hydrogen (secondary N) is 1. The second-order valence-corrected chi connectivity index (χ2v) is 5.48. The molecule has 0 saturated heterocycles. The molecule has 1 amide bonds. The Morgan fingerprint density at radius 3 is 2.60 bits per heavy atom. The van der Waals surface area contributed by atoms with Crippen LogP contribution in [-0.4, -0.2) is 5.91 Å². The molecule has 0 aliphatic carbocycles. The molecule has 0 atom stereocenters. The summed E-state index contributed by atoms with van der Waals surface area (Å²) in [5.74, 6) is -2.24. The molecule has 0 aromatic heterocycles. The average Bonchev–Trinajstić information content (AvgIpc) is 2.36. The van der Waals surface area contributed by atoms with Crippen molar-refractivity contribution in [1.82, 2.24) is 0 Å². The molecular weight excluding hydrogens is 352 g/mol. The Labute approximate surface area is 127 Å². The molecule has 0 saturated carbocycles. The van der Waals surface area contributed by atoms with Gasteiger partial charge in [0.1, 0.15) is 5.82 Å². The van der Waals surface area contributed by atoms with Crippen LogP contribution in [0.4, 0.5) is 14.5 Å². The van der Waals surface area contributed by atoms with E-state index in [-0.39, 0.29) is 10.7 Å². The molecule has 6 heteroatoms. The number of halogens is 4. The highest BCUT2D eigenvalue weighted by molar-refractivity contribution is 9.10. The van der Waals surface area contributed by atoms with Crippen LogP contribution in [0.3, 0.4) is 0 Å². The summed E-state index contributed by atoms with van der Waals surface area (Å²) >= 11 is 8.99. The van der Waals surface area contributed by atoms with E-state index in [2.05, 4.69) is 21.2 Å². The summed E-state index contributed by atoms with van der Waals surface area (Å²) < 4.78 is 27.3. The first-order valence-electron chi connectivity index (χ1n) is 5.60. The molecule has 0 spiro atoms. The topological polar surface area (TPSA) is 29.1 Å². The molecule has 1 N–H and O–H groups in total. The van der Waals surface area contributed by atoms with Crippen molar-refractivity contribution in [2.24, 2.45) is 0 Å². The predicted octanol–water partition coefficient (Wildman–Crippen LogP) is 4.94. The van der Waals surface area contributed by atoms with E-state index in [1.165, 1.54) is 0 Å². The minimum Gasteiger partial charge on any atom is -0.318 e. The molecule has 0 radical (unpaired) electrons. The Morgan fingerprint density at radius 2 is 1.95 bits per heavy atom. The summed E-state index contributed by atoms with van der Waals surface area (Å²) in [7, 11) is 0. The third-order valence-corrected chi connectivity index (χ3v) is 3.48. The summed E-state index contributed by atoms with van der Waals surface area (Å²) in [6.45, 7) is 1.75. The Bertz CT molecular complexity index is 668. The fourth-order valence-corrected chi connectivity index (χ4v) is 2.28. The Morgan fingerprint density at radius 1 is 1.25 bits per heavy atom. The van der Waals surface area contributed by atoms with Gasteiger partial charge in [0, 0.05) is 16.1 Å². The third-order valence-electron chi connectivity index (χ3n) is 2.69. The van der Waals surface area contributed by atoms with Crippen LogP contribution >= 0.6 is 27.5 Å². The van der Waals surface area contributed by atoms with E-state index in [0.717, 1.165) is 16.1 Å². The zero-order chi connectivity index (χ0) is 14.9. The van der Waals surface area contributed by atoms with Crippen molar-refractivity contribution in [3.8, 4) is 0 Å². The van der Waals surface area contributed by atoms with Gasteiger partial charge in [0.05, 0.1) is 10.7 Å². The molecule has 104 valence electrons. The van der Waals surface area contributed by atoms with Crippen LogP contribution < -0.4 is 5.32 Å². The van der Waals surface area contributed by atoms with E-state index in [9.17, 15) is 13.6 Å². The predicted molar refractivity (Wildman–Crippen MR) is 78.2 cm³/mol. The van der Waals surface area contributed by atoms with Gasteiger partial charge in [-0.3, -0.25) is 4.79 Å². The van der Waals surface area contributed by atoms with Crippen LogP contribution in [0.25, 0.3) is 0 Å². The summed E-state index contributed by atoms with van der Waals surface area (Å²) in [6, 6.07) is 6.75. The van der Waals surface area contributed by atoms with Crippen molar-refractivity contribution in [3.05, 3.63) is 62.6 Å². The van der Waals surface area contributed by atoms with Crippen molar-refractivity contribution >= 4 is 39.1 Å². The molecule has 0 unspecified atom stereocenters. The van der Waals surface area contributed by atoms with Crippen LogP contribution in [0.2, 0.25) is 5.02 Å². The van der Waals surface area contributed by atoms with E-state index in [4.69, 9.17) is 11.6 Å². The standard InChI is InChI=1S/C14H9BrClF2NO/c1-7-2-3-8(15)4-10(7)14(20)19-13-11(16)5-9(17)6-12(13)18/h2-6H,1H3,(H,19,20). The number of benzene rings is 2. The van der Waals surface area contributed by atoms with Gasteiger partial charge < -0.3 is 5.32 Å². The highest BCUT2D eigenvalue weighted by Crippen LogP contribution is 2.27. The van der Waals surface area contributed by atoms with Gasteiger partial charge in [-0.05, 0) is 30.7 Å². The SMILES string of the molecule is Cc1ccc(Br)cc1C(=O)Nc1c(F)cc(F)cc1Cl. The number of amides is 1. The van der Waals surface area contributed by atoms with Gasteiger partial charge in [0.25, 0.3) is 5.91 Å². The van der Waals surface area contributed by atoms with E-state index in [0.29, 0.717) is 11.6 Å². The zero-order valence-electron chi connectivity index (χ0n) is 10.3. The van der Waals surface area contributed by atoms with Gasteiger partial charge >= 0.3 is 0 Å². The van der Waals surface area contributed by atoms with E-state index in [1.807, 2.05) is 0 Å². The Kier molecular flexibility index (Phi) is 4.40. The van der Waals surface area contributed by atoms with Gasteiger partial charge in [-0.25, -0.2) is 8.78 Å². The largest absolute Gasteiger partial charge is 0.318 e. The highest BCUT2D eigenvalue weighted by Gasteiger charge is 2.15. The number of carbonyl (C=O) groups is 1. The van der Waals surface area contributed by atoms with Gasteiger partial charge in [-0.2, -0.15) is 0 Å². The fraction of sp³-hybridized carbons (Fsp3) is 0.0714. The molecule has 0 fully saturated rings. The van der Waals surface area contributed by atoms with Crippen LogP contribution in [0.1, 0.15) is 15.9 Å². The third kappa shape index (κ3) is 3.16. The summed E-state index contributed by atoms with van der Waals surface area (Å²) in [4.78, 5) is 12.1. The number of rotatable bonds is 2. The van der Waals surface area contributed by atoms with Gasteiger partial charge in [0.2, 0.25) is 0 Å². The number of hydrogen-bond acceptors (Lipinski definition) is 1. The maximum Gasteiger partial charge on any atom is 0.256 e. The number of hydrogen-bond donors (Lipinski definition) is 1. The molecule has 2 rings (SSSR count). The van der Waals surface area contributed by atoms with E-state index >= 15 is 0 Å². The molecule has 2 aromatic rings. The molecule has 0 aliphatic rings. The number of carbonyl (C=O) groups excluding carboxylic acids is 1. The smallest absolute Gasteiger partial charge is 0.256 e. The first-order valence-corrected chi connectivity index (χ1v) is 6.77. The Hall–Kier alpha value is -1.46. The minimum absolute atomic E-state index is 0.191. The first kappa shape index (κ1) is 14.9. The molecule has 0 heterocycles. The molecule has 2 aromatic carbocycles. The lowest BCUT2D eigenvalue weighted by molar-refractivity contribution is 0.102. The second kappa shape index (κ2) is 5.89. The maximum atomic E-state index is 13.6. The number of anilines is 1. The fourth-order valence-electron chi connectivity index (χ4n) is 1.68. The highest BCUT2D eigenvalue weighted by atomic mass is 79.9. The molecule has 20 heavy (non-hydrogen) atoms. The second-order valence-electron chi connectivity index (χ2n) is 4.16. The lowest BCUT2D eigenvalue weighted by atomic mass is 10.1. The zero-order valence-corrected chi connectivity index (χ0v) is 12.6. The quantitative estimate of drug-likeness (QED) is 0.807. The van der Waals surface area contributed by atoms with Crippen molar-refractivity contribution in [1.29, 1.82) is 0 Å². The van der Waals surface area contributed by atoms with Crippen LogP contribution in [0.15, 0.2) is 34.8 Å². The summed E-state index contributed by atoms with van der Waals surface area (Å²) in [5.41, 5.74) is 0.862. The van der Waals surface area contributed by atoms with E-state index in [1.54, 1.807) is 25.1 Å². The van der Waals surface area contributed by atoms with Crippen LogP contribution in [0, 0.1) is 18.6 Å². The van der Waals surface area contributed by atoms with Crippen molar-refractivity contribution < 1.29 is 13.6 Å². The first-order chi connectivity index (χ1) is 9.38. The normalized spacial score (nSPS) is 10.4. The molecule has 0 aliphatic heterocycles. The van der Waals surface area contributed by atoms with Crippen LogP contribution in [-0.2, 0) is 0 Å². The van der Waals surface area contributed by atoms with Crippen molar-refractivity contribution in [2.45, 2.75) is 6.92 Å². The van der Waals surface area contributed by atoms with Crippen LogP contribution in [0.5, 0.6) is 0 Å². The molecule has 2 nitrogen and oxygen atoms in total. The molecule has 0 bridgehead atoms. The summed E-state index contributed by atoms with van der Waals surface area (Å²) in [6.07, 6.45) is 0. The van der Waals surface area contributed by atoms with Gasteiger partial charge in [-0.15, -0.1) is 0 Å². The Balaban J connectivity index is 2.35. The molecular formula is C14H9BrClF2NO. The maximum absolute atomic E-state index is 13.6. The average molecular weight is 361 g/mol.